The second kappa shape index (κ2) is 12.5. The number of ether oxygens (including phenoxy) is 1. The first-order chi connectivity index (χ1) is 12.1. The summed E-state index contributed by atoms with van der Waals surface area (Å²) in [6, 6.07) is 7.19. The summed E-state index contributed by atoms with van der Waals surface area (Å²) in [5.74, 6) is 0.909. The molecule has 1 aliphatic rings. The Hall–Kier alpha value is -0.860. The summed E-state index contributed by atoms with van der Waals surface area (Å²) in [6.45, 7) is 14.9. The number of rotatable bonds is 7. The van der Waals surface area contributed by atoms with Gasteiger partial charge in [0.2, 0.25) is 0 Å². The van der Waals surface area contributed by atoms with Crippen LogP contribution in [0.4, 0.5) is 0 Å². The van der Waals surface area contributed by atoms with E-state index in [2.05, 4.69) is 61.4 Å². The number of nitrogens with one attached hydrogen (secondary N) is 2. The van der Waals surface area contributed by atoms with Crippen LogP contribution in [0, 0.1) is 13.8 Å². The molecule has 2 N–H and O–H groups in total. The molecule has 1 atom stereocenters. The molecular weight excluding hydrogens is 439 g/mol. The van der Waals surface area contributed by atoms with Gasteiger partial charge in [0.15, 0.2) is 5.96 Å². The molecule has 0 spiro atoms. The van der Waals surface area contributed by atoms with Crippen LogP contribution in [0.25, 0.3) is 0 Å². The lowest BCUT2D eigenvalue weighted by Gasteiger charge is -2.31. The Bertz CT molecular complexity index is 538. The maximum Gasteiger partial charge on any atom is 0.191 e. The molecule has 2 rings (SSSR count). The van der Waals surface area contributed by atoms with Gasteiger partial charge in [-0.1, -0.05) is 29.3 Å². The zero-order chi connectivity index (χ0) is 18.1. The van der Waals surface area contributed by atoms with Crippen molar-refractivity contribution in [2.24, 2.45) is 4.99 Å². The molecule has 0 saturated carbocycles. The Kier molecular flexibility index (Phi) is 11.2. The summed E-state index contributed by atoms with van der Waals surface area (Å²) in [7, 11) is 0. The van der Waals surface area contributed by atoms with Crippen LogP contribution in [0.15, 0.2) is 23.2 Å². The number of halogens is 1. The second-order valence-corrected chi connectivity index (χ2v) is 6.89. The molecule has 1 aromatic rings. The predicted octanol–water partition coefficient (Wildman–Crippen LogP) is 2.74. The number of hydrogen-bond donors (Lipinski definition) is 2. The number of guanidine groups is 1. The molecule has 1 unspecified atom stereocenters. The van der Waals surface area contributed by atoms with Gasteiger partial charge in [-0.2, -0.15) is 0 Å². The minimum atomic E-state index is 0. The zero-order valence-electron chi connectivity index (χ0n) is 16.7. The first-order valence-electron chi connectivity index (χ1n) is 9.49. The molecule has 1 aliphatic heterocycles. The molecule has 6 heteroatoms. The molecular formula is C20H35IN4O. The van der Waals surface area contributed by atoms with Crippen molar-refractivity contribution in [3.05, 3.63) is 34.9 Å². The van der Waals surface area contributed by atoms with E-state index in [9.17, 15) is 0 Å². The van der Waals surface area contributed by atoms with Crippen LogP contribution in [-0.2, 0) is 11.2 Å². The second-order valence-electron chi connectivity index (χ2n) is 6.89. The number of nitrogens with zero attached hydrogens (tertiary/aromatic N) is 2. The maximum atomic E-state index is 5.42. The van der Waals surface area contributed by atoms with Crippen molar-refractivity contribution in [1.29, 1.82) is 0 Å². The third-order valence-corrected chi connectivity index (χ3v) is 4.51. The van der Waals surface area contributed by atoms with Gasteiger partial charge in [-0.15, -0.1) is 24.0 Å². The molecule has 5 nitrogen and oxygen atoms in total. The maximum absolute atomic E-state index is 5.42. The Balaban J connectivity index is 0.00000338. The first-order valence-corrected chi connectivity index (χ1v) is 9.49. The fraction of sp³-hybridized carbons (Fsp3) is 0.650. The highest BCUT2D eigenvalue weighted by atomic mass is 127. The van der Waals surface area contributed by atoms with Crippen molar-refractivity contribution < 1.29 is 4.74 Å². The van der Waals surface area contributed by atoms with Crippen molar-refractivity contribution in [1.82, 2.24) is 15.5 Å². The van der Waals surface area contributed by atoms with Gasteiger partial charge in [0.1, 0.15) is 0 Å². The lowest BCUT2D eigenvalue weighted by molar-refractivity contribution is 0.0220. The highest BCUT2D eigenvalue weighted by molar-refractivity contribution is 14.0. The lowest BCUT2D eigenvalue weighted by Crippen LogP contribution is -2.44. The third kappa shape index (κ3) is 8.22. The van der Waals surface area contributed by atoms with Gasteiger partial charge >= 0.3 is 0 Å². The van der Waals surface area contributed by atoms with E-state index in [0.717, 1.165) is 58.3 Å². The predicted molar refractivity (Wildman–Crippen MR) is 121 cm³/mol. The summed E-state index contributed by atoms with van der Waals surface area (Å²) < 4.78 is 5.42. The molecule has 0 bridgehead atoms. The van der Waals surface area contributed by atoms with Gasteiger partial charge in [-0.25, -0.2) is 0 Å². The summed E-state index contributed by atoms with van der Waals surface area (Å²) in [4.78, 5) is 7.22. The summed E-state index contributed by atoms with van der Waals surface area (Å²) in [6.07, 6.45) is 1.01. The monoisotopic (exact) mass is 474 g/mol. The molecule has 0 amide bonds. The average Bonchev–Trinajstić information content (AvgIpc) is 2.59. The van der Waals surface area contributed by atoms with E-state index in [0.29, 0.717) is 6.04 Å². The van der Waals surface area contributed by atoms with E-state index in [1.165, 1.54) is 16.7 Å². The fourth-order valence-corrected chi connectivity index (χ4v) is 3.24. The molecule has 26 heavy (non-hydrogen) atoms. The van der Waals surface area contributed by atoms with E-state index in [-0.39, 0.29) is 24.0 Å². The van der Waals surface area contributed by atoms with E-state index in [4.69, 9.17) is 9.73 Å². The van der Waals surface area contributed by atoms with Crippen molar-refractivity contribution in [3.63, 3.8) is 0 Å². The van der Waals surface area contributed by atoms with Crippen LogP contribution in [0.2, 0.25) is 0 Å². The molecule has 0 aromatic heterocycles. The van der Waals surface area contributed by atoms with Gasteiger partial charge < -0.3 is 15.4 Å². The minimum Gasteiger partial charge on any atom is -0.379 e. The van der Waals surface area contributed by atoms with Gasteiger partial charge in [-0.3, -0.25) is 9.89 Å². The van der Waals surface area contributed by atoms with E-state index in [1.807, 2.05) is 0 Å². The van der Waals surface area contributed by atoms with Crippen LogP contribution >= 0.6 is 24.0 Å². The Morgan fingerprint density at radius 1 is 1.15 bits per heavy atom. The highest BCUT2D eigenvalue weighted by Gasteiger charge is 2.16. The quantitative estimate of drug-likeness (QED) is 0.363. The molecule has 148 valence electrons. The molecule has 1 heterocycles. The van der Waals surface area contributed by atoms with Gasteiger partial charge in [0, 0.05) is 32.2 Å². The van der Waals surface area contributed by atoms with E-state index < -0.39 is 0 Å². The molecule has 1 saturated heterocycles. The summed E-state index contributed by atoms with van der Waals surface area (Å²) in [5, 5.41) is 6.81. The third-order valence-electron chi connectivity index (χ3n) is 4.51. The van der Waals surface area contributed by atoms with Crippen LogP contribution in [0.3, 0.4) is 0 Å². The van der Waals surface area contributed by atoms with Crippen LogP contribution in [0.5, 0.6) is 0 Å². The van der Waals surface area contributed by atoms with Crippen molar-refractivity contribution in [2.75, 3.05) is 45.9 Å². The number of morpholine rings is 1. The minimum absolute atomic E-state index is 0. The van der Waals surface area contributed by atoms with Crippen LogP contribution in [-0.4, -0.2) is 62.8 Å². The van der Waals surface area contributed by atoms with Crippen molar-refractivity contribution >= 4 is 29.9 Å². The Morgan fingerprint density at radius 2 is 1.81 bits per heavy atom. The average molecular weight is 474 g/mol. The van der Waals surface area contributed by atoms with Crippen LogP contribution in [0.1, 0.15) is 30.5 Å². The van der Waals surface area contributed by atoms with E-state index >= 15 is 0 Å². The van der Waals surface area contributed by atoms with Gasteiger partial charge in [-0.05, 0) is 39.7 Å². The molecule has 1 fully saturated rings. The number of hydrogen-bond acceptors (Lipinski definition) is 3. The number of aryl methyl sites for hydroxylation is 2. The highest BCUT2D eigenvalue weighted by Crippen LogP contribution is 2.09. The Morgan fingerprint density at radius 3 is 2.42 bits per heavy atom. The fourth-order valence-electron chi connectivity index (χ4n) is 3.24. The normalized spacial score (nSPS) is 16.7. The van der Waals surface area contributed by atoms with Crippen molar-refractivity contribution in [2.45, 2.75) is 40.2 Å². The van der Waals surface area contributed by atoms with E-state index in [1.54, 1.807) is 0 Å². The first kappa shape index (κ1) is 23.2. The number of benzene rings is 1. The molecule has 0 radical (unpaired) electrons. The number of aliphatic imine (C=N–C) groups is 1. The molecule has 0 aliphatic carbocycles. The SMILES string of the molecule is CCNC(=NCC(C)N1CCOCC1)NCCc1cc(C)cc(C)c1.I. The largest absolute Gasteiger partial charge is 0.379 e. The standard InChI is InChI=1S/C20H34N4O.HI/c1-5-21-20(23-15-18(4)24-8-10-25-11-9-24)22-7-6-19-13-16(2)12-17(3)14-19;/h12-14,18H,5-11,15H2,1-4H3,(H2,21,22,23);1H. The zero-order valence-corrected chi connectivity index (χ0v) is 19.0. The summed E-state index contributed by atoms with van der Waals surface area (Å²) in [5.41, 5.74) is 4.03. The smallest absolute Gasteiger partial charge is 0.191 e. The van der Waals surface area contributed by atoms with Gasteiger partial charge in [0.05, 0.1) is 19.8 Å². The Labute approximate surface area is 176 Å². The van der Waals surface area contributed by atoms with Gasteiger partial charge in [0.25, 0.3) is 0 Å². The molecule has 1 aromatic carbocycles. The van der Waals surface area contributed by atoms with Crippen molar-refractivity contribution in [3.8, 4) is 0 Å². The summed E-state index contributed by atoms with van der Waals surface area (Å²) >= 11 is 0. The van der Waals surface area contributed by atoms with Crippen LogP contribution < -0.4 is 10.6 Å². The topological polar surface area (TPSA) is 48.9 Å². The lowest BCUT2D eigenvalue weighted by atomic mass is 10.1.